The Labute approximate surface area is 193 Å². The predicted molar refractivity (Wildman–Crippen MR) is 131 cm³/mol. The van der Waals surface area contributed by atoms with E-state index in [9.17, 15) is 4.79 Å². The zero-order chi connectivity index (χ0) is 23.2. The van der Waals surface area contributed by atoms with Crippen molar-refractivity contribution in [2.75, 3.05) is 13.7 Å². The largest absolute Gasteiger partial charge is 0.497 e. The highest BCUT2D eigenvalue weighted by Crippen LogP contribution is 2.38. The second kappa shape index (κ2) is 10.1. The summed E-state index contributed by atoms with van der Waals surface area (Å²) in [7, 11) is 1.65. The number of hydrogen-bond donors (Lipinski definition) is 1. The van der Waals surface area contributed by atoms with Crippen LogP contribution in [0.15, 0.2) is 83.5 Å². The van der Waals surface area contributed by atoms with Gasteiger partial charge >= 0.3 is 0 Å². The number of fused-ring (bicyclic) bond motifs is 1. The van der Waals surface area contributed by atoms with E-state index in [-0.39, 0.29) is 5.91 Å². The standard InChI is InChI=1S/C28H27NO4/c1-4-32-26-16-27-24(25(18-33-27)21-11-8-12-22(14-21)31-3)15-23(26)19(2)13-28(30)29-17-20-9-6-5-7-10-20/h5-16,18H,4,17H2,1-3H3,(H,29,30)/b19-13+. The summed E-state index contributed by atoms with van der Waals surface area (Å²) in [5.41, 5.74) is 5.38. The molecule has 0 fully saturated rings. The van der Waals surface area contributed by atoms with E-state index in [2.05, 4.69) is 5.32 Å². The molecule has 1 aromatic heterocycles. The SMILES string of the molecule is CCOc1cc2occ(-c3cccc(OC)c3)c2cc1/C(C)=C/C(=O)NCc1ccccc1. The van der Waals surface area contributed by atoms with Gasteiger partial charge in [0.1, 0.15) is 17.1 Å². The maximum Gasteiger partial charge on any atom is 0.244 e. The van der Waals surface area contributed by atoms with Gasteiger partial charge in [0.15, 0.2) is 0 Å². The maximum absolute atomic E-state index is 12.6. The molecule has 4 aromatic rings. The molecule has 0 aliphatic carbocycles. The minimum Gasteiger partial charge on any atom is -0.497 e. The molecule has 1 N–H and O–H groups in total. The van der Waals surface area contributed by atoms with Crippen LogP contribution in [0, 0.1) is 0 Å². The number of allylic oxidation sites excluding steroid dienone is 1. The molecule has 0 spiro atoms. The second-order valence-electron chi connectivity index (χ2n) is 7.69. The monoisotopic (exact) mass is 441 g/mol. The zero-order valence-corrected chi connectivity index (χ0v) is 19.1. The number of furan rings is 1. The lowest BCUT2D eigenvalue weighted by Crippen LogP contribution is -2.20. The van der Waals surface area contributed by atoms with Crippen LogP contribution in [0.25, 0.3) is 27.7 Å². The molecule has 0 bridgehead atoms. The summed E-state index contributed by atoms with van der Waals surface area (Å²) < 4.78 is 17.1. The lowest BCUT2D eigenvalue weighted by molar-refractivity contribution is -0.116. The summed E-state index contributed by atoms with van der Waals surface area (Å²) >= 11 is 0. The first-order chi connectivity index (χ1) is 16.1. The molecule has 0 radical (unpaired) electrons. The Morgan fingerprint density at radius 1 is 1.06 bits per heavy atom. The summed E-state index contributed by atoms with van der Waals surface area (Å²) in [6.07, 6.45) is 3.35. The van der Waals surface area contributed by atoms with Crippen LogP contribution in [0.2, 0.25) is 0 Å². The first-order valence-corrected chi connectivity index (χ1v) is 10.9. The van der Waals surface area contributed by atoms with Crippen molar-refractivity contribution in [1.82, 2.24) is 5.32 Å². The minimum absolute atomic E-state index is 0.154. The number of ether oxygens (including phenoxy) is 2. The Hall–Kier alpha value is -3.99. The fourth-order valence-electron chi connectivity index (χ4n) is 3.76. The highest BCUT2D eigenvalue weighted by molar-refractivity contribution is 6.00. The van der Waals surface area contributed by atoms with Gasteiger partial charge in [-0.25, -0.2) is 0 Å². The van der Waals surface area contributed by atoms with Gasteiger partial charge in [-0.15, -0.1) is 0 Å². The van der Waals surface area contributed by atoms with Crippen molar-refractivity contribution in [3.05, 3.63) is 90.2 Å². The van der Waals surface area contributed by atoms with Crippen LogP contribution in [0.4, 0.5) is 0 Å². The number of methoxy groups -OCH3 is 1. The van der Waals surface area contributed by atoms with Gasteiger partial charge in [0.2, 0.25) is 5.91 Å². The fraction of sp³-hybridized carbons (Fsp3) is 0.179. The Bertz CT molecular complexity index is 1290. The van der Waals surface area contributed by atoms with E-state index in [1.165, 1.54) is 0 Å². The van der Waals surface area contributed by atoms with Crippen LogP contribution in [0.5, 0.6) is 11.5 Å². The van der Waals surface area contributed by atoms with E-state index >= 15 is 0 Å². The average Bonchev–Trinajstić information content (AvgIpc) is 3.26. The number of rotatable bonds is 8. The molecule has 3 aromatic carbocycles. The van der Waals surface area contributed by atoms with Crippen LogP contribution >= 0.6 is 0 Å². The molecule has 0 saturated heterocycles. The van der Waals surface area contributed by atoms with Gasteiger partial charge in [-0.1, -0.05) is 42.5 Å². The molecule has 168 valence electrons. The molecule has 0 atom stereocenters. The van der Waals surface area contributed by atoms with Crippen LogP contribution in [0.3, 0.4) is 0 Å². The number of carbonyl (C=O) groups excluding carboxylic acids is 1. The molecule has 1 heterocycles. The van der Waals surface area contributed by atoms with E-state index in [1.54, 1.807) is 19.4 Å². The second-order valence-corrected chi connectivity index (χ2v) is 7.69. The Morgan fingerprint density at radius 3 is 2.64 bits per heavy atom. The van der Waals surface area contributed by atoms with Gasteiger partial charge in [-0.2, -0.15) is 0 Å². The third-order valence-corrected chi connectivity index (χ3v) is 5.44. The number of hydrogen-bond acceptors (Lipinski definition) is 4. The van der Waals surface area contributed by atoms with Crippen LogP contribution < -0.4 is 14.8 Å². The normalized spacial score (nSPS) is 11.4. The molecule has 5 nitrogen and oxygen atoms in total. The highest BCUT2D eigenvalue weighted by atomic mass is 16.5. The molecule has 0 unspecified atom stereocenters. The van der Waals surface area contributed by atoms with Crippen molar-refractivity contribution in [2.24, 2.45) is 0 Å². The van der Waals surface area contributed by atoms with E-state index < -0.39 is 0 Å². The zero-order valence-electron chi connectivity index (χ0n) is 19.1. The Morgan fingerprint density at radius 2 is 1.88 bits per heavy atom. The molecule has 0 aliphatic rings. The van der Waals surface area contributed by atoms with Crippen molar-refractivity contribution >= 4 is 22.4 Å². The molecular weight excluding hydrogens is 414 g/mol. The van der Waals surface area contributed by atoms with Crippen molar-refractivity contribution < 1.29 is 18.7 Å². The van der Waals surface area contributed by atoms with Crippen molar-refractivity contribution in [3.8, 4) is 22.6 Å². The van der Waals surface area contributed by atoms with Crippen LogP contribution in [-0.4, -0.2) is 19.6 Å². The number of carbonyl (C=O) groups is 1. The van der Waals surface area contributed by atoms with Gasteiger partial charge in [0, 0.05) is 35.2 Å². The summed E-state index contributed by atoms with van der Waals surface area (Å²) in [5, 5.41) is 3.89. The fourth-order valence-corrected chi connectivity index (χ4v) is 3.76. The number of amides is 1. The van der Waals surface area contributed by atoms with E-state index in [0.717, 1.165) is 44.5 Å². The number of nitrogens with one attached hydrogen (secondary N) is 1. The van der Waals surface area contributed by atoms with Gasteiger partial charge in [0.25, 0.3) is 0 Å². The number of benzene rings is 3. The van der Waals surface area contributed by atoms with Crippen molar-refractivity contribution in [1.29, 1.82) is 0 Å². The lowest BCUT2D eigenvalue weighted by Gasteiger charge is -2.12. The van der Waals surface area contributed by atoms with Crippen molar-refractivity contribution in [3.63, 3.8) is 0 Å². The molecule has 5 heteroatoms. The molecular formula is C28H27NO4. The average molecular weight is 442 g/mol. The van der Waals surface area contributed by atoms with Crippen LogP contribution in [-0.2, 0) is 11.3 Å². The van der Waals surface area contributed by atoms with Gasteiger partial charge in [-0.3, -0.25) is 4.79 Å². The predicted octanol–water partition coefficient (Wildman–Crippen LogP) is 6.23. The topological polar surface area (TPSA) is 60.7 Å². The highest BCUT2D eigenvalue weighted by Gasteiger charge is 2.15. The lowest BCUT2D eigenvalue weighted by atomic mass is 9.99. The molecule has 0 aliphatic heterocycles. The Balaban J connectivity index is 1.67. The van der Waals surface area contributed by atoms with E-state index in [0.29, 0.717) is 18.9 Å². The third-order valence-electron chi connectivity index (χ3n) is 5.44. The molecule has 4 rings (SSSR count). The quantitative estimate of drug-likeness (QED) is 0.330. The summed E-state index contributed by atoms with van der Waals surface area (Å²) in [6.45, 7) is 4.83. The molecule has 33 heavy (non-hydrogen) atoms. The van der Waals surface area contributed by atoms with Gasteiger partial charge in [0.05, 0.1) is 20.0 Å². The summed E-state index contributed by atoms with van der Waals surface area (Å²) in [6, 6.07) is 21.6. The van der Waals surface area contributed by atoms with E-state index in [4.69, 9.17) is 13.9 Å². The van der Waals surface area contributed by atoms with Crippen LogP contribution in [0.1, 0.15) is 25.0 Å². The molecule has 1 amide bonds. The Kier molecular flexibility index (Phi) is 6.79. The first-order valence-electron chi connectivity index (χ1n) is 10.9. The minimum atomic E-state index is -0.154. The summed E-state index contributed by atoms with van der Waals surface area (Å²) in [4.78, 5) is 12.6. The molecule has 0 saturated carbocycles. The van der Waals surface area contributed by atoms with Crippen molar-refractivity contribution in [2.45, 2.75) is 20.4 Å². The summed E-state index contributed by atoms with van der Waals surface area (Å²) in [5.74, 6) is 1.31. The third kappa shape index (κ3) is 5.09. The van der Waals surface area contributed by atoms with Gasteiger partial charge < -0.3 is 19.2 Å². The van der Waals surface area contributed by atoms with E-state index in [1.807, 2.05) is 80.6 Å². The van der Waals surface area contributed by atoms with Gasteiger partial charge in [-0.05, 0) is 48.7 Å². The first kappa shape index (κ1) is 22.2. The maximum atomic E-state index is 12.6. The smallest absolute Gasteiger partial charge is 0.244 e.